The van der Waals surface area contributed by atoms with Gasteiger partial charge in [0.25, 0.3) is 0 Å². The normalized spacial score (nSPS) is 13.4. The topological polar surface area (TPSA) is 7.76 Å². The van der Waals surface area contributed by atoms with Crippen LogP contribution in [0.1, 0.15) is 59.5 Å². The van der Waals surface area contributed by atoms with Gasteiger partial charge in [0.15, 0.2) is 12.4 Å². The first-order valence-corrected chi connectivity index (χ1v) is 14.3. The molecule has 0 amide bonds. The first-order valence-electron chi connectivity index (χ1n) is 11.8. The average Bonchev–Trinajstić information content (AvgIpc) is 2.84. The highest BCUT2D eigenvalue weighted by molar-refractivity contribution is 14.1. The fourth-order valence-electron chi connectivity index (χ4n) is 4.47. The zero-order valence-corrected chi connectivity index (χ0v) is 22.9. The van der Waals surface area contributed by atoms with Crippen molar-refractivity contribution >= 4 is 67.0 Å². The predicted molar refractivity (Wildman–Crippen MR) is 151 cm³/mol. The van der Waals surface area contributed by atoms with Gasteiger partial charge < -0.3 is 0 Å². The largest absolute Gasteiger partial charge is 0.213 e. The number of pyridine rings is 2. The first-order chi connectivity index (χ1) is 15.7. The molecule has 0 radical (unpaired) electrons. The van der Waals surface area contributed by atoms with Gasteiger partial charge in [-0.05, 0) is 82.3 Å². The van der Waals surface area contributed by atoms with Crippen LogP contribution in [0.5, 0.6) is 0 Å². The number of para-hydroxylation sites is 2. The highest BCUT2D eigenvalue weighted by Crippen LogP contribution is 2.23. The Balaban J connectivity index is 1.14. The van der Waals surface area contributed by atoms with E-state index in [0.717, 1.165) is 0 Å². The number of unbranched alkanes of at least 4 members (excludes halogenated alkanes) is 5. The zero-order valence-electron chi connectivity index (χ0n) is 18.5. The Kier molecular flexibility index (Phi) is 9.14. The number of benzene rings is 2. The summed E-state index contributed by atoms with van der Waals surface area (Å²) in [6.45, 7) is 0. The molecule has 2 unspecified atom stereocenters. The molecule has 0 bridgehead atoms. The molecule has 4 rings (SSSR count). The van der Waals surface area contributed by atoms with Crippen LogP contribution < -0.4 is 9.13 Å². The maximum absolute atomic E-state index is 2.61. The Morgan fingerprint density at radius 3 is 1.34 bits per heavy atom. The average molecular weight is 650 g/mol. The summed E-state index contributed by atoms with van der Waals surface area (Å²) >= 11 is 5.22. The van der Waals surface area contributed by atoms with Crippen molar-refractivity contribution in [3.05, 3.63) is 85.2 Å². The number of aromatic nitrogens is 2. The van der Waals surface area contributed by atoms with Crippen LogP contribution in [0.3, 0.4) is 0 Å². The lowest BCUT2D eigenvalue weighted by Gasteiger charge is -2.09. The highest BCUT2D eigenvalue weighted by atomic mass is 127. The van der Waals surface area contributed by atoms with Crippen LogP contribution in [0.4, 0.5) is 0 Å². The molecule has 32 heavy (non-hydrogen) atoms. The van der Waals surface area contributed by atoms with Crippen molar-refractivity contribution in [2.45, 2.75) is 59.5 Å². The zero-order chi connectivity index (χ0) is 22.2. The summed E-state index contributed by atoms with van der Waals surface area (Å²) < 4.78 is 5.91. The van der Waals surface area contributed by atoms with Crippen LogP contribution in [-0.2, 0) is 0 Å². The molecule has 0 fully saturated rings. The van der Waals surface area contributed by atoms with Gasteiger partial charge in [-0.2, -0.15) is 9.13 Å². The molecular formula is C28H32I2N2+2. The van der Waals surface area contributed by atoms with E-state index in [2.05, 4.69) is 140 Å². The van der Waals surface area contributed by atoms with Crippen molar-refractivity contribution in [1.82, 2.24) is 0 Å². The molecule has 0 spiro atoms. The molecule has 166 valence electrons. The van der Waals surface area contributed by atoms with E-state index in [1.54, 1.807) is 0 Å². The van der Waals surface area contributed by atoms with Gasteiger partial charge >= 0.3 is 0 Å². The van der Waals surface area contributed by atoms with Gasteiger partial charge in [0.2, 0.25) is 19.1 Å². The minimum absolute atomic E-state index is 0.524. The molecular weight excluding hydrogens is 618 g/mol. The molecule has 2 heterocycles. The number of rotatable bonds is 11. The molecule has 2 nitrogen and oxygen atoms in total. The quantitative estimate of drug-likeness (QED) is 0.0669. The maximum atomic E-state index is 2.61. The van der Waals surface area contributed by atoms with Gasteiger partial charge in [0.1, 0.15) is 0 Å². The lowest BCUT2D eigenvalue weighted by molar-refractivity contribution is -0.669. The molecule has 0 saturated carbocycles. The Bertz CT molecular complexity index is 1040. The van der Waals surface area contributed by atoms with Crippen LogP contribution in [0, 0.1) is 0 Å². The van der Waals surface area contributed by atoms with E-state index in [0.29, 0.717) is 8.10 Å². The number of hydrogen-bond acceptors (Lipinski definition) is 0. The summed E-state index contributed by atoms with van der Waals surface area (Å²) in [5.41, 5.74) is 2.68. The summed E-state index contributed by atoms with van der Waals surface area (Å²) in [5.74, 6) is 0. The van der Waals surface area contributed by atoms with Crippen LogP contribution in [0.25, 0.3) is 21.8 Å². The molecule has 4 heteroatoms. The number of nitrogens with zero attached hydrogens (tertiary/aromatic N) is 2. The monoisotopic (exact) mass is 650 g/mol. The number of alkyl halides is 2. The fourth-order valence-corrected chi connectivity index (χ4v) is 6.32. The van der Waals surface area contributed by atoms with E-state index in [-0.39, 0.29) is 0 Å². The summed E-state index contributed by atoms with van der Waals surface area (Å²) in [5, 5.41) is 2.65. The van der Waals surface area contributed by atoms with Crippen LogP contribution in [0.15, 0.2) is 85.2 Å². The number of halogens is 2. The lowest BCUT2D eigenvalue weighted by atomic mass is 10.1. The van der Waals surface area contributed by atoms with E-state index in [1.807, 2.05) is 0 Å². The third kappa shape index (κ3) is 6.19. The fraction of sp³-hybridized carbons (Fsp3) is 0.357. The van der Waals surface area contributed by atoms with Crippen molar-refractivity contribution in [3.8, 4) is 0 Å². The Hall–Kier alpha value is -1.28. The van der Waals surface area contributed by atoms with Crippen molar-refractivity contribution in [3.63, 3.8) is 0 Å². The van der Waals surface area contributed by atoms with Crippen molar-refractivity contribution in [2.75, 3.05) is 0 Å². The van der Waals surface area contributed by atoms with Crippen molar-refractivity contribution in [1.29, 1.82) is 0 Å². The van der Waals surface area contributed by atoms with Gasteiger partial charge in [-0.15, -0.1) is 0 Å². The van der Waals surface area contributed by atoms with Gasteiger partial charge in [-0.25, -0.2) is 0 Å². The lowest BCUT2D eigenvalue weighted by Crippen LogP contribution is -2.36. The molecule has 2 atom stereocenters. The predicted octanol–water partition coefficient (Wildman–Crippen LogP) is 8.26. The number of fused-ring (bicyclic) bond motifs is 2. The minimum atomic E-state index is 0.524. The Morgan fingerprint density at radius 1 is 0.500 bits per heavy atom. The van der Waals surface area contributed by atoms with Crippen LogP contribution >= 0.6 is 45.2 Å². The third-order valence-electron chi connectivity index (χ3n) is 6.21. The van der Waals surface area contributed by atoms with Crippen LogP contribution in [-0.4, -0.2) is 0 Å². The SMILES string of the molecule is IC(CCCCCCCCC(I)[n+]1cccc2ccccc21)[n+]1cccc2ccccc21. The van der Waals surface area contributed by atoms with Crippen molar-refractivity contribution < 1.29 is 9.13 Å². The number of hydrogen-bond donors (Lipinski definition) is 0. The second kappa shape index (κ2) is 12.3. The Morgan fingerprint density at radius 2 is 0.875 bits per heavy atom. The summed E-state index contributed by atoms with van der Waals surface area (Å²) in [6.07, 6.45) is 15.0. The van der Waals surface area contributed by atoms with Gasteiger partial charge in [0, 0.05) is 47.9 Å². The molecule has 0 N–H and O–H groups in total. The molecule has 0 aliphatic rings. The van der Waals surface area contributed by atoms with Gasteiger partial charge in [-0.3, -0.25) is 0 Å². The third-order valence-corrected chi connectivity index (χ3v) is 8.66. The summed E-state index contributed by atoms with van der Waals surface area (Å²) in [7, 11) is 0. The smallest absolute Gasteiger partial charge is 0.186 e. The maximum Gasteiger partial charge on any atom is 0.213 e. The van der Waals surface area contributed by atoms with Crippen LogP contribution in [0.2, 0.25) is 0 Å². The first kappa shape index (κ1) is 23.9. The highest BCUT2D eigenvalue weighted by Gasteiger charge is 2.18. The molecule has 4 aromatic rings. The molecule has 0 aliphatic carbocycles. The van der Waals surface area contributed by atoms with E-state index in [4.69, 9.17) is 0 Å². The van der Waals surface area contributed by atoms with E-state index >= 15 is 0 Å². The van der Waals surface area contributed by atoms with E-state index < -0.39 is 0 Å². The van der Waals surface area contributed by atoms with Crippen molar-refractivity contribution in [2.24, 2.45) is 0 Å². The molecule has 0 saturated heterocycles. The van der Waals surface area contributed by atoms with E-state index in [9.17, 15) is 0 Å². The summed E-state index contributed by atoms with van der Waals surface area (Å²) in [4.78, 5) is 0. The van der Waals surface area contributed by atoms with E-state index in [1.165, 1.54) is 73.2 Å². The second-order valence-corrected chi connectivity index (χ2v) is 11.4. The molecule has 2 aromatic heterocycles. The summed E-state index contributed by atoms with van der Waals surface area (Å²) in [6, 6.07) is 26.1. The minimum Gasteiger partial charge on any atom is -0.186 e. The second-order valence-electron chi connectivity index (χ2n) is 8.52. The van der Waals surface area contributed by atoms with Gasteiger partial charge in [-0.1, -0.05) is 49.9 Å². The molecule has 0 aliphatic heterocycles. The Labute approximate surface area is 219 Å². The standard InChI is InChI=1S/C28H32I2N2/c29-27(31-21-11-15-23-13-7-9-17-25(23)31)19-5-3-1-2-4-6-20-28(30)32-22-12-16-24-14-8-10-18-26(24)32/h7-18,21-22,27-28H,1-6,19-20H2/q+2. The van der Waals surface area contributed by atoms with Gasteiger partial charge in [0.05, 0.1) is 0 Å². The molecule has 2 aromatic carbocycles.